The lowest BCUT2D eigenvalue weighted by Crippen LogP contribution is -2.44. The summed E-state index contributed by atoms with van der Waals surface area (Å²) in [6.07, 6.45) is -5.04. The van der Waals surface area contributed by atoms with Crippen molar-refractivity contribution < 1.29 is 37.8 Å². The van der Waals surface area contributed by atoms with Gasteiger partial charge in [0.05, 0.1) is 35.0 Å². The first kappa shape index (κ1) is 22.1. The highest BCUT2D eigenvalue weighted by atomic mass is 35.5. The van der Waals surface area contributed by atoms with Crippen LogP contribution in [0.3, 0.4) is 0 Å². The fraction of sp³-hybridized carbons (Fsp3) is 0.529. The number of hydroxylamine groups is 1. The molecular formula is C17H20ClF3N2O5. The minimum atomic E-state index is -4.84. The molecule has 1 aliphatic rings. The first-order valence-corrected chi connectivity index (χ1v) is 8.80. The Kier molecular flexibility index (Phi) is 6.66. The van der Waals surface area contributed by atoms with Crippen LogP contribution in [0, 0.1) is 5.92 Å². The van der Waals surface area contributed by atoms with Gasteiger partial charge in [-0.25, -0.2) is 9.59 Å². The Labute approximate surface area is 164 Å². The normalized spacial score (nSPS) is 16.6. The third kappa shape index (κ3) is 4.61. The highest BCUT2D eigenvalue weighted by molar-refractivity contribution is 6.34. The van der Waals surface area contributed by atoms with E-state index >= 15 is 0 Å². The first-order chi connectivity index (χ1) is 13.0. The van der Waals surface area contributed by atoms with Crippen molar-refractivity contribution in [2.24, 2.45) is 5.92 Å². The number of carbonyl (C=O) groups excluding carboxylic acids is 1. The molecule has 7 nitrogen and oxygen atoms in total. The maximum Gasteiger partial charge on any atom is 0.417 e. The van der Waals surface area contributed by atoms with E-state index in [1.54, 1.807) is 6.92 Å². The number of halogens is 4. The minimum absolute atomic E-state index is 0.187. The van der Waals surface area contributed by atoms with Crippen LogP contribution < -0.4 is 5.06 Å². The summed E-state index contributed by atoms with van der Waals surface area (Å²) in [5.41, 5.74) is -2.04. The van der Waals surface area contributed by atoms with Gasteiger partial charge in [-0.3, -0.25) is 10.3 Å². The molecule has 0 spiro atoms. The Morgan fingerprint density at radius 3 is 2.36 bits per heavy atom. The maximum absolute atomic E-state index is 13.3. The van der Waals surface area contributed by atoms with Crippen molar-refractivity contribution in [2.75, 3.05) is 25.3 Å². The predicted octanol–water partition coefficient (Wildman–Crippen LogP) is 4.12. The largest absolute Gasteiger partial charge is 0.465 e. The van der Waals surface area contributed by atoms with Gasteiger partial charge < -0.3 is 14.7 Å². The van der Waals surface area contributed by atoms with Crippen LogP contribution in [-0.4, -0.2) is 53.5 Å². The number of nitrogens with zero attached hydrogens (tertiary/aromatic N) is 2. The molecule has 0 aliphatic carbocycles. The van der Waals surface area contributed by atoms with Crippen molar-refractivity contribution in [1.82, 2.24) is 4.90 Å². The Morgan fingerprint density at radius 1 is 1.32 bits per heavy atom. The molecule has 0 aromatic heterocycles. The molecule has 0 radical (unpaired) electrons. The van der Waals surface area contributed by atoms with Crippen LogP contribution in [0.25, 0.3) is 0 Å². The van der Waals surface area contributed by atoms with Crippen LogP contribution in [0.15, 0.2) is 12.1 Å². The molecule has 1 heterocycles. The van der Waals surface area contributed by atoms with Gasteiger partial charge in [0.1, 0.15) is 0 Å². The van der Waals surface area contributed by atoms with Gasteiger partial charge in [0, 0.05) is 13.1 Å². The summed E-state index contributed by atoms with van der Waals surface area (Å²) < 4.78 is 44.4. The van der Waals surface area contributed by atoms with E-state index < -0.39 is 40.4 Å². The molecule has 1 saturated heterocycles. The van der Waals surface area contributed by atoms with Crippen molar-refractivity contribution in [3.05, 3.63) is 28.3 Å². The number of piperidine rings is 1. The van der Waals surface area contributed by atoms with E-state index in [1.807, 2.05) is 0 Å². The Bertz CT molecular complexity index is 751. The van der Waals surface area contributed by atoms with E-state index in [9.17, 15) is 28.0 Å². The van der Waals surface area contributed by atoms with Gasteiger partial charge in [-0.05, 0) is 37.8 Å². The zero-order valence-electron chi connectivity index (χ0n) is 15.2. The number of rotatable bonds is 4. The fourth-order valence-corrected chi connectivity index (χ4v) is 3.51. The monoisotopic (exact) mass is 424 g/mol. The molecule has 11 heteroatoms. The smallest absolute Gasteiger partial charge is 0.417 e. The number of ether oxygens (including phenoxy) is 1. The van der Waals surface area contributed by atoms with Crippen molar-refractivity contribution in [3.63, 3.8) is 0 Å². The molecule has 156 valence electrons. The Hall–Kier alpha value is -2.20. The second-order valence-electron chi connectivity index (χ2n) is 6.54. The number of hydrogen-bond donors (Lipinski definition) is 2. The fourth-order valence-electron chi connectivity index (χ4n) is 3.21. The van der Waals surface area contributed by atoms with Crippen LogP contribution in [0.5, 0.6) is 0 Å². The average molecular weight is 425 g/mol. The van der Waals surface area contributed by atoms with Gasteiger partial charge >= 0.3 is 18.2 Å². The lowest BCUT2D eigenvalue weighted by atomic mass is 9.90. The van der Waals surface area contributed by atoms with E-state index in [0.717, 1.165) is 13.2 Å². The molecule has 28 heavy (non-hydrogen) atoms. The Morgan fingerprint density at radius 2 is 1.89 bits per heavy atom. The molecule has 1 amide bonds. The van der Waals surface area contributed by atoms with Gasteiger partial charge in [0.2, 0.25) is 0 Å². The van der Waals surface area contributed by atoms with Gasteiger partial charge in [-0.15, -0.1) is 0 Å². The molecular weight excluding hydrogens is 405 g/mol. The first-order valence-electron chi connectivity index (χ1n) is 8.42. The number of benzene rings is 1. The topological polar surface area (TPSA) is 90.3 Å². The molecule has 0 saturated carbocycles. The van der Waals surface area contributed by atoms with Gasteiger partial charge in [0.25, 0.3) is 0 Å². The second kappa shape index (κ2) is 8.44. The molecule has 2 N–H and O–H groups in total. The van der Waals surface area contributed by atoms with Crippen LogP contribution in [0.2, 0.25) is 5.02 Å². The number of likely N-dealkylation sites (tertiary alicyclic amines) is 1. The van der Waals surface area contributed by atoms with Gasteiger partial charge in [0.15, 0.2) is 0 Å². The third-order valence-corrected chi connectivity index (χ3v) is 5.30. The summed E-state index contributed by atoms with van der Waals surface area (Å²) in [6, 6.07) is 0.941. The average Bonchev–Trinajstić information content (AvgIpc) is 2.65. The highest BCUT2D eigenvalue weighted by Gasteiger charge is 2.37. The lowest BCUT2D eigenvalue weighted by Gasteiger charge is -2.37. The van der Waals surface area contributed by atoms with Crippen molar-refractivity contribution in [1.29, 1.82) is 0 Å². The predicted molar refractivity (Wildman–Crippen MR) is 93.8 cm³/mol. The molecule has 0 unspecified atom stereocenters. The number of esters is 1. The molecule has 0 bridgehead atoms. The summed E-state index contributed by atoms with van der Waals surface area (Å²) in [5, 5.41) is 19.4. The number of amides is 1. The van der Waals surface area contributed by atoms with Gasteiger partial charge in [-0.1, -0.05) is 11.6 Å². The van der Waals surface area contributed by atoms with E-state index in [0.29, 0.717) is 24.0 Å². The third-order valence-electron chi connectivity index (χ3n) is 4.90. The summed E-state index contributed by atoms with van der Waals surface area (Å²) in [5.74, 6) is -1.19. The van der Waals surface area contributed by atoms with Crippen molar-refractivity contribution in [2.45, 2.75) is 32.0 Å². The quantitative estimate of drug-likeness (QED) is 0.558. The number of methoxy groups -OCH3 is 1. The van der Waals surface area contributed by atoms with Gasteiger partial charge in [-0.2, -0.15) is 13.2 Å². The number of hydrogen-bond acceptors (Lipinski definition) is 5. The standard InChI is InChI=1S/C17H20ClF3N2O5/c1-9(10-3-5-22(6-4-10)16(25)26)23(27)13-8-11(15(24)28-2)7-12(14(13)18)17(19,20)21/h7-10,27H,3-6H2,1-2H3,(H,25,26)/t9-/m0/s1. The Balaban J connectivity index is 2.34. The molecule has 1 aliphatic heterocycles. The molecule has 1 atom stereocenters. The minimum Gasteiger partial charge on any atom is -0.465 e. The molecule has 2 rings (SSSR count). The van der Waals surface area contributed by atoms with Crippen LogP contribution in [-0.2, 0) is 10.9 Å². The van der Waals surface area contributed by atoms with Crippen molar-refractivity contribution >= 4 is 29.4 Å². The summed E-state index contributed by atoms with van der Waals surface area (Å²) in [6.45, 7) is 2.10. The number of carboxylic acid groups (broad SMARTS) is 1. The van der Waals surface area contributed by atoms with Crippen LogP contribution in [0.1, 0.15) is 35.7 Å². The van der Waals surface area contributed by atoms with Crippen LogP contribution in [0.4, 0.5) is 23.7 Å². The van der Waals surface area contributed by atoms with Crippen LogP contribution >= 0.6 is 11.6 Å². The summed E-state index contributed by atoms with van der Waals surface area (Å²) >= 11 is 5.90. The maximum atomic E-state index is 13.3. The van der Waals surface area contributed by atoms with Crippen molar-refractivity contribution in [3.8, 4) is 0 Å². The number of anilines is 1. The molecule has 1 aromatic carbocycles. The SMILES string of the molecule is COC(=O)c1cc(N(O)[C@@H](C)C2CCN(C(=O)O)CC2)c(Cl)c(C(F)(F)F)c1. The van der Waals surface area contributed by atoms with E-state index in [2.05, 4.69) is 4.74 Å². The van der Waals surface area contributed by atoms with E-state index in [1.165, 1.54) is 4.90 Å². The lowest BCUT2D eigenvalue weighted by molar-refractivity contribution is -0.137. The number of alkyl halides is 3. The molecule has 1 fully saturated rings. The van der Waals surface area contributed by atoms with E-state index in [4.69, 9.17) is 16.7 Å². The summed E-state index contributed by atoms with van der Waals surface area (Å²) in [4.78, 5) is 24.0. The number of carbonyl (C=O) groups is 2. The molecule has 1 aromatic rings. The zero-order chi connectivity index (χ0) is 21.2. The van der Waals surface area contributed by atoms with E-state index in [-0.39, 0.29) is 24.7 Å². The zero-order valence-corrected chi connectivity index (χ0v) is 15.9. The summed E-state index contributed by atoms with van der Waals surface area (Å²) in [7, 11) is 1.03. The second-order valence-corrected chi connectivity index (χ2v) is 6.92. The highest BCUT2D eigenvalue weighted by Crippen LogP contribution is 2.41.